The molecule has 3 heterocycles. The smallest absolute Gasteiger partial charge is 0.451 e. The van der Waals surface area contributed by atoms with Gasteiger partial charge < -0.3 is 23.8 Å². The van der Waals surface area contributed by atoms with Gasteiger partial charge in [0, 0.05) is 23.7 Å². The highest BCUT2D eigenvalue weighted by atomic mass is 32.2. The number of aromatic nitrogens is 1. The largest absolute Gasteiger partial charge is 0.510 e. The van der Waals surface area contributed by atoms with E-state index in [9.17, 15) is 23.2 Å². The van der Waals surface area contributed by atoms with E-state index in [2.05, 4.69) is 4.74 Å². The van der Waals surface area contributed by atoms with Gasteiger partial charge in [0.25, 0.3) is 5.91 Å². The van der Waals surface area contributed by atoms with E-state index in [1.807, 2.05) is 30.5 Å². The van der Waals surface area contributed by atoms with Gasteiger partial charge in [0.1, 0.15) is 6.17 Å². The molecule has 1 saturated heterocycles. The van der Waals surface area contributed by atoms with Crippen LogP contribution in [0.1, 0.15) is 27.7 Å². The second-order valence-electron chi connectivity index (χ2n) is 8.82. The maximum absolute atomic E-state index is 14.6. The normalized spacial score (nSPS) is 17.1. The molecule has 10 nitrogen and oxygen atoms in total. The van der Waals surface area contributed by atoms with Crippen LogP contribution in [0.25, 0.3) is 0 Å². The zero-order chi connectivity index (χ0) is 28.4. The Labute approximate surface area is 231 Å². The van der Waals surface area contributed by atoms with Crippen molar-refractivity contribution in [1.82, 2.24) is 9.58 Å². The second kappa shape index (κ2) is 11.6. The summed E-state index contributed by atoms with van der Waals surface area (Å²) in [6.07, 6.45) is 1.61. The van der Waals surface area contributed by atoms with E-state index in [1.165, 1.54) is 34.8 Å². The van der Waals surface area contributed by atoms with E-state index in [0.717, 1.165) is 29.7 Å². The number of thioether (sulfide) groups is 1. The molecule has 0 bridgehead atoms. The summed E-state index contributed by atoms with van der Waals surface area (Å²) in [5.74, 6) is -2.87. The van der Waals surface area contributed by atoms with Crippen molar-refractivity contribution < 1.29 is 37.3 Å². The molecule has 0 radical (unpaired) electrons. The first-order chi connectivity index (χ1) is 19.3. The number of carbonyl (C=O) groups is 2. The van der Waals surface area contributed by atoms with Gasteiger partial charge in [-0.05, 0) is 35.6 Å². The molecular weight excluding hydrogens is 548 g/mol. The minimum absolute atomic E-state index is 0.112. The lowest BCUT2D eigenvalue weighted by molar-refractivity contribution is -0.0209. The third-order valence-corrected chi connectivity index (χ3v) is 7.47. The standard InChI is InChI=1S/C27H25F2N3O7S/c1-36-27(35)39-15-38-25-20(33)9-10-31-24(25)26(34)30-11-12-37-14-22(30)32(31)23(16-7-8-18(28)19(29)13-16)17-5-3-4-6-21(17)40-2/h3-10,13,22-23H,11-12,14-15H2,1-2H3/t22-,23+/m1/s1. The van der Waals surface area contributed by atoms with E-state index in [-0.39, 0.29) is 31.2 Å². The summed E-state index contributed by atoms with van der Waals surface area (Å²) < 4.78 is 50.6. The van der Waals surface area contributed by atoms with Crippen molar-refractivity contribution in [2.24, 2.45) is 0 Å². The topological polar surface area (TPSA) is 99.5 Å². The van der Waals surface area contributed by atoms with Crippen molar-refractivity contribution in [2.45, 2.75) is 17.1 Å². The summed E-state index contributed by atoms with van der Waals surface area (Å²) in [5, 5.41) is 1.78. The van der Waals surface area contributed by atoms with Crippen molar-refractivity contribution in [2.75, 3.05) is 44.9 Å². The van der Waals surface area contributed by atoms with Crippen molar-refractivity contribution in [3.63, 3.8) is 0 Å². The molecule has 2 aliphatic heterocycles. The lowest BCUT2D eigenvalue weighted by Crippen LogP contribution is -2.66. The number of hydrogen-bond donors (Lipinski definition) is 0. The molecule has 0 N–H and O–H groups in total. The van der Waals surface area contributed by atoms with Gasteiger partial charge in [-0.15, -0.1) is 11.8 Å². The van der Waals surface area contributed by atoms with Crippen LogP contribution >= 0.6 is 11.8 Å². The van der Waals surface area contributed by atoms with Crippen LogP contribution in [0.4, 0.5) is 13.6 Å². The monoisotopic (exact) mass is 573 g/mol. The number of amides is 1. The van der Waals surface area contributed by atoms with Gasteiger partial charge in [-0.1, -0.05) is 24.3 Å². The fourth-order valence-electron chi connectivity index (χ4n) is 4.90. The molecule has 5 rings (SSSR count). The zero-order valence-corrected chi connectivity index (χ0v) is 22.4. The van der Waals surface area contributed by atoms with Crippen LogP contribution < -0.4 is 15.2 Å². The third-order valence-electron chi connectivity index (χ3n) is 6.66. The second-order valence-corrected chi connectivity index (χ2v) is 9.66. The number of carbonyl (C=O) groups excluding carboxylic acids is 2. The average molecular weight is 574 g/mol. The molecule has 0 unspecified atom stereocenters. The maximum atomic E-state index is 14.6. The molecule has 2 aromatic carbocycles. The van der Waals surface area contributed by atoms with Crippen LogP contribution in [0.15, 0.2) is 64.4 Å². The summed E-state index contributed by atoms with van der Waals surface area (Å²) in [5.41, 5.74) is 0.422. The Bertz CT molecular complexity index is 1500. The Kier molecular flexibility index (Phi) is 7.94. The fourth-order valence-corrected chi connectivity index (χ4v) is 5.53. The van der Waals surface area contributed by atoms with E-state index in [4.69, 9.17) is 14.2 Å². The predicted octanol–water partition coefficient (Wildman–Crippen LogP) is 3.51. The number of morpholine rings is 1. The van der Waals surface area contributed by atoms with Crippen LogP contribution in [0, 0.1) is 11.6 Å². The highest BCUT2D eigenvalue weighted by Crippen LogP contribution is 2.39. The Morgan fingerprint density at radius 3 is 2.70 bits per heavy atom. The molecule has 3 aromatic rings. The molecule has 13 heteroatoms. The van der Waals surface area contributed by atoms with Crippen LogP contribution in [-0.4, -0.2) is 67.7 Å². The Hall–Kier alpha value is -4.10. The van der Waals surface area contributed by atoms with Gasteiger partial charge in [-0.3, -0.25) is 19.3 Å². The number of halogens is 2. The number of methoxy groups -OCH3 is 1. The molecule has 2 atom stereocenters. The molecule has 40 heavy (non-hydrogen) atoms. The molecule has 210 valence electrons. The lowest BCUT2D eigenvalue weighted by atomic mass is 9.96. The lowest BCUT2D eigenvalue weighted by Gasteiger charge is -2.51. The van der Waals surface area contributed by atoms with Gasteiger partial charge in [0.05, 0.1) is 26.4 Å². The molecule has 0 saturated carbocycles. The average Bonchev–Trinajstić information content (AvgIpc) is 2.97. The van der Waals surface area contributed by atoms with Crippen LogP contribution in [-0.2, 0) is 14.2 Å². The molecule has 1 aromatic heterocycles. The van der Waals surface area contributed by atoms with E-state index >= 15 is 0 Å². The highest BCUT2D eigenvalue weighted by molar-refractivity contribution is 7.98. The maximum Gasteiger partial charge on any atom is 0.510 e. The van der Waals surface area contributed by atoms with E-state index < -0.39 is 48.1 Å². The zero-order valence-electron chi connectivity index (χ0n) is 21.5. The summed E-state index contributed by atoms with van der Waals surface area (Å²) in [7, 11) is 1.12. The molecule has 1 fully saturated rings. The molecular formula is C27H25F2N3O7S. The van der Waals surface area contributed by atoms with Crippen LogP contribution in [0.3, 0.4) is 0 Å². The molecule has 0 aliphatic carbocycles. The Morgan fingerprint density at radius 2 is 1.95 bits per heavy atom. The van der Waals surface area contributed by atoms with Gasteiger partial charge in [0.2, 0.25) is 18.0 Å². The number of rotatable bonds is 7. The minimum Gasteiger partial charge on any atom is -0.451 e. The number of nitrogens with zero attached hydrogens (tertiary/aromatic N) is 3. The van der Waals surface area contributed by atoms with Crippen LogP contribution in [0.2, 0.25) is 0 Å². The van der Waals surface area contributed by atoms with Crippen molar-refractivity contribution in [3.8, 4) is 5.75 Å². The Balaban J connectivity index is 1.73. The first kappa shape index (κ1) is 27.5. The van der Waals surface area contributed by atoms with Crippen LogP contribution in [0.5, 0.6) is 5.75 Å². The number of benzene rings is 2. The SMILES string of the molecule is COC(=O)OCOc1c2n(ccc1=O)N([C@@H](c1ccc(F)c(F)c1)c1ccccc1SC)[C@@H]1COCCN1C2=O. The fraction of sp³-hybridized carbons (Fsp3) is 0.296. The predicted molar refractivity (Wildman–Crippen MR) is 140 cm³/mol. The number of fused-ring (bicyclic) bond motifs is 2. The molecule has 0 spiro atoms. The van der Waals surface area contributed by atoms with Gasteiger partial charge in [0.15, 0.2) is 17.3 Å². The first-order valence-corrected chi connectivity index (χ1v) is 13.4. The summed E-state index contributed by atoms with van der Waals surface area (Å²) in [6.45, 7) is -0.108. The number of pyridine rings is 1. The number of hydrogen-bond acceptors (Lipinski definition) is 9. The quantitative estimate of drug-likeness (QED) is 0.239. The van der Waals surface area contributed by atoms with Crippen molar-refractivity contribution in [3.05, 3.63) is 93.4 Å². The van der Waals surface area contributed by atoms with Gasteiger partial charge >= 0.3 is 6.16 Å². The molecule has 2 aliphatic rings. The third kappa shape index (κ3) is 4.97. The van der Waals surface area contributed by atoms with Gasteiger partial charge in [-0.25, -0.2) is 13.6 Å². The first-order valence-electron chi connectivity index (χ1n) is 12.2. The van der Waals surface area contributed by atoms with E-state index in [1.54, 1.807) is 9.91 Å². The van der Waals surface area contributed by atoms with Crippen molar-refractivity contribution in [1.29, 1.82) is 0 Å². The Morgan fingerprint density at radius 1 is 1.15 bits per heavy atom. The molecule has 1 amide bonds. The summed E-state index contributed by atoms with van der Waals surface area (Å²) in [6, 6.07) is 11.6. The summed E-state index contributed by atoms with van der Waals surface area (Å²) >= 11 is 1.47. The highest BCUT2D eigenvalue weighted by Gasteiger charge is 2.45. The number of ether oxygens (including phenoxy) is 4. The van der Waals surface area contributed by atoms with E-state index in [0.29, 0.717) is 5.56 Å². The minimum atomic E-state index is -1.03. The van der Waals surface area contributed by atoms with Gasteiger partial charge in [-0.2, -0.15) is 0 Å². The summed E-state index contributed by atoms with van der Waals surface area (Å²) in [4.78, 5) is 40.6. The van der Waals surface area contributed by atoms with Crippen molar-refractivity contribution >= 4 is 23.8 Å².